The van der Waals surface area contributed by atoms with Crippen molar-refractivity contribution in [2.45, 2.75) is 56.8 Å². The van der Waals surface area contributed by atoms with Crippen molar-refractivity contribution >= 4 is 11.9 Å². The minimum Gasteiger partial charge on any atom is -0.360 e. The lowest BCUT2D eigenvalue weighted by Crippen LogP contribution is -2.60. The van der Waals surface area contributed by atoms with Crippen LogP contribution in [0.4, 0.5) is 32.3 Å². The van der Waals surface area contributed by atoms with Gasteiger partial charge in [-0.25, -0.2) is 15.1 Å². The summed E-state index contributed by atoms with van der Waals surface area (Å²) in [5.74, 6) is -0.167. The summed E-state index contributed by atoms with van der Waals surface area (Å²) < 4.78 is 85.2. The van der Waals surface area contributed by atoms with Crippen molar-refractivity contribution in [2.24, 2.45) is 0 Å². The molecule has 10 nitrogen and oxygen atoms in total. The van der Waals surface area contributed by atoms with E-state index in [1.54, 1.807) is 23.6 Å². The first-order valence-corrected chi connectivity index (χ1v) is 12.7. The van der Waals surface area contributed by atoms with Crippen LogP contribution in [0.2, 0.25) is 0 Å². The Kier molecular flexibility index (Phi) is 7.05. The van der Waals surface area contributed by atoms with Crippen LogP contribution in [0.5, 0.6) is 0 Å². The maximum Gasteiger partial charge on any atom is 0.422 e. The molecular formula is C24H27F6N7O3. The summed E-state index contributed by atoms with van der Waals surface area (Å²) in [6, 6.07) is -0.528. The molecule has 3 aliphatic rings. The molecule has 0 aromatic carbocycles. The molecule has 5 rings (SSSR count). The van der Waals surface area contributed by atoms with E-state index in [0.29, 0.717) is 26.1 Å². The summed E-state index contributed by atoms with van der Waals surface area (Å²) in [6.07, 6.45) is -8.47. The molecule has 0 radical (unpaired) electrons. The van der Waals surface area contributed by atoms with Crippen molar-refractivity contribution in [2.75, 3.05) is 44.2 Å². The molecule has 1 N–H and O–H groups in total. The van der Waals surface area contributed by atoms with Gasteiger partial charge in [-0.3, -0.25) is 14.5 Å². The number of aromatic nitrogens is 4. The van der Waals surface area contributed by atoms with Crippen LogP contribution in [0.3, 0.4) is 0 Å². The summed E-state index contributed by atoms with van der Waals surface area (Å²) in [5.41, 5.74) is -4.21. The number of H-pyrrole nitrogens is 1. The highest BCUT2D eigenvalue weighted by Gasteiger charge is 2.46. The van der Waals surface area contributed by atoms with Gasteiger partial charge in [0.1, 0.15) is 11.7 Å². The van der Waals surface area contributed by atoms with Crippen molar-refractivity contribution in [3.05, 3.63) is 45.1 Å². The fraction of sp³-hybridized carbons (Fsp3) is 0.625. The number of alkyl halides is 6. The third-order valence-electron chi connectivity index (χ3n) is 7.38. The van der Waals surface area contributed by atoms with Gasteiger partial charge in [0.2, 0.25) is 5.95 Å². The molecule has 2 saturated heterocycles. The van der Waals surface area contributed by atoms with Gasteiger partial charge in [-0.05, 0) is 32.3 Å². The smallest absolute Gasteiger partial charge is 0.360 e. The van der Waals surface area contributed by atoms with E-state index in [4.69, 9.17) is 4.74 Å². The standard InChI is InChI=1S/C24H27F6N7O3/c1-22(2)12-37(15-4-3-14-17(24(28,29)30)19(38)34-33-18(14)15)11-16(40-22)20(39)35-5-7-36(8-6-35)21-31-9-13(10-32-21)23(25,26)27/h9-10,15-16H,3-8,11-12H2,1-2H3,(H,34,38)/t15?,16-/m0/s1. The highest BCUT2D eigenvalue weighted by Crippen LogP contribution is 2.41. The van der Waals surface area contributed by atoms with E-state index in [0.717, 1.165) is 12.4 Å². The van der Waals surface area contributed by atoms with Crippen LogP contribution < -0.4 is 10.5 Å². The summed E-state index contributed by atoms with van der Waals surface area (Å²) in [4.78, 5) is 38.2. The highest BCUT2D eigenvalue weighted by atomic mass is 19.4. The first-order valence-electron chi connectivity index (χ1n) is 12.7. The molecule has 1 amide bonds. The van der Waals surface area contributed by atoms with Crippen LogP contribution >= 0.6 is 0 Å². The van der Waals surface area contributed by atoms with Crippen molar-refractivity contribution in [1.29, 1.82) is 0 Å². The second-order valence-corrected chi connectivity index (χ2v) is 10.7. The van der Waals surface area contributed by atoms with Gasteiger partial charge in [0, 0.05) is 51.7 Å². The number of carbonyl (C=O) groups excluding carboxylic acids is 1. The predicted molar refractivity (Wildman–Crippen MR) is 127 cm³/mol. The lowest BCUT2D eigenvalue weighted by atomic mass is 10.0. The molecule has 2 atom stereocenters. The SMILES string of the molecule is CC1(C)CN(C2CCc3c2n[nH]c(=O)c3C(F)(F)F)C[C@@H](C(=O)N2CCN(c3ncc(C(F)(F)F)cn3)CC2)O1. The topological polar surface area (TPSA) is 108 Å². The summed E-state index contributed by atoms with van der Waals surface area (Å²) in [5, 5.41) is 5.94. The Morgan fingerprint density at radius 1 is 1.05 bits per heavy atom. The first-order chi connectivity index (χ1) is 18.6. The van der Waals surface area contributed by atoms with E-state index in [9.17, 15) is 35.9 Å². The maximum absolute atomic E-state index is 13.6. The predicted octanol–water partition coefficient (Wildman–Crippen LogP) is 2.41. The Morgan fingerprint density at radius 3 is 2.30 bits per heavy atom. The quantitative estimate of drug-likeness (QED) is 0.557. The number of nitrogens with zero attached hydrogens (tertiary/aromatic N) is 6. The van der Waals surface area contributed by atoms with Gasteiger partial charge >= 0.3 is 12.4 Å². The fourth-order valence-electron chi connectivity index (χ4n) is 5.65. The van der Waals surface area contributed by atoms with Crippen LogP contribution in [0.25, 0.3) is 0 Å². The number of fused-ring (bicyclic) bond motifs is 1. The number of ether oxygens (including phenoxy) is 1. The number of amides is 1. The van der Waals surface area contributed by atoms with E-state index in [1.165, 1.54) is 0 Å². The number of nitrogens with one attached hydrogen (secondary N) is 1. The average Bonchev–Trinajstić information content (AvgIpc) is 3.30. The number of rotatable bonds is 3. The van der Waals surface area contributed by atoms with Crippen molar-refractivity contribution in [3.8, 4) is 0 Å². The van der Waals surface area contributed by atoms with Crippen LogP contribution in [0.1, 0.15) is 48.7 Å². The Balaban J connectivity index is 1.27. The molecule has 1 aliphatic carbocycles. The fourth-order valence-corrected chi connectivity index (χ4v) is 5.65. The first kappa shape index (κ1) is 28.3. The zero-order chi connectivity index (χ0) is 29.0. The van der Waals surface area contributed by atoms with E-state index < -0.39 is 46.8 Å². The average molecular weight is 576 g/mol. The Labute approximate surface area is 224 Å². The van der Waals surface area contributed by atoms with E-state index in [1.807, 2.05) is 10.00 Å². The van der Waals surface area contributed by atoms with Gasteiger partial charge in [-0.1, -0.05) is 0 Å². The number of hydrogen-bond donors (Lipinski definition) is 1. The lowest BCUT2D eigenvalue weighted by molar-refractivity contribution is -0.176. The van der Waals surface area contributed by atoms with E-state index >= 15 is 0 Å². The molecule has 0 spiro atoms. The molecular weight excluding hydrogens is 548 g/mol. The molecule has 2 aromatic rings. The van der Waals surface area contributed by atoms with Gasteiger partial charge < -0.3 is 14.5 Å². The van der Waals surface area contributed by atoms with Gasteiger partial charge in [0.25, 0.3) is 11.5 Å². The summed E-state index contributed by atoms with van der Waals surface area (Å²) in [6.45, 7) is 5.14. The summed E-state index contributed by atoms with van der Waals surface area (Å²) >= 11 is 0. The number of morpholine rings is 1. The van der Waals surface area contributed by atoms with Gasteiger partial charge in [-0.15, -0.1) is 0 Å². The second kappa shape index (κ2) is 9.98. The molecule has 2 aliphatic heterocycles. The molecule has 0 bridgehead atoms. The maximum atomic E-state index is 13.6. The minimum absolute atomic E-state index is 0.0378. The second-order valence-electron chi connectivity index (χ2n) is 10.7. The summed E-state index contributed by atoms with van der Waals surface area (Å²) in [7, 11) is 0. The third kappa shape index (κ3) is 5.50. The number of aromatic amines is 1. The van der Waals surface area contributed by atoms with Crippen LogP contribution in [0, 0.1) is 0 Å². The van der Waals surface area contributed by atoms with E-state index in [-0.39, 0.29) is 49.2 Å². The van der Waals surface area contributed by atoms with Crippen molar-refractivity contribution in [1.82, 2.24) is 30.0 Å². The molecule has 16 heteroatoms. The molecule has 2 fully saturated rings. The van der Waals surface area contributed by atoms with Crippen molar-refractivity contribution < 1.29 is 35.9 Å². The van der Waals surface area contributed by atoms with Gasteiger partial charge in [-0.2, -0.15) is 31.4 Å². The number of halogens is 6. The monoisotopic (exact) mass is 575 g/mol. The van der Waals surface area contributed by atoms with Crippen LogP contribution in [0.15, 0.2) is 17.2 Å². The van der Waals surface area contributed by atoms with Gasteiger partial charge in [0.05, 0.1) is 22.9 Å². The Hall–Kier alpha value is -3.27. The van der Waals surface area contributed by atoms with Crippen LogP contribution in [-0.2, 0) is 28.3 Å². The molecule has 2 aromatic heterocycles. The number of piperazine rings is 1. The zero-order valence-electron chi connectivity index (χ0n) is 21.6. The highest BCUT2D eigenvalue weighted by molar-refractivity contribution is 5.81. The van der Waals surface area contributed by atoms with Crippen molar-refractivity contribution in [3.63, 3.8) is 0 Å². The molecule has 0 saturated carbocycles. The van der Waals surface area contributed by atoms with E-state index in [2.05, 4.69) is 15.1 Å². The lowest BCUT2D eigenvalue weighted by Gasteiger charge is -2.46. The largest absolute Gasteiger partial charge is 0.422 e. The molecule has 1 unspecified atom stereocenters. The van der Waals surface area contributed by atoms with Crippen LogP contribution in [-0.4, -0.2) is 86.8 Å². The Morgan fingerprint density at radius 2 is 1.70 bits per heavy atom. The molecule has 218 valence electrons. The Bertz CT molecular complexity index is 1320. The minimum atomic E-state index is -4.81. The molecule has 40 heavy (non-hydrogen) atoms. The molecule has 4 heterocycles. The number of anilines is 1. The third-order valence-corrected chi connectivity index (χ3v) is 7.38. The zero-order valence-corrected chi connectivity index (χ0v) is 21.6. The normalized spacial score (nSPS) is 23.8. The number of hydrogen-bond acceptors (Lipinski definition) is 8. The van der Waals surface area contributed by atoms with Gasteiger partial charge in [0.15, 0.2) is 0 Å². The number of carbonyl (C=O) groups is 1.